The summed E-state index contributed by atoms with van der Waals surface area (Å²) in [5.74, 6) is -0.0454. The van der Waals surface area contributed by atoms with Gasteiger partial charge < -0.3 is 13.9 Å². The summed E-state index contributed by atoms with van der Waals surface area (Å²) < 4.78 is 15.2. The number of methoxy groups -OCH3 is 1. The van der Waals surface area contributed by atoms with Crippen molar-refractivity contribution in [2.75, 3.05) is 7.11 Å². The quantitative estimate of drug-likeness (QED) is 0.642. The fourth-order valence-electron chi connectivity index (χ4n) is 1.94. The summed E-state index contributed by atoms with van der Waals surface area (Å²) in [5.41, 5.74) is 0.428. The molecule has 1 aliphatic rings. The number of carbonyl (C=O) groups is 2. The predicted molar refractivity (Wildman–Crippen MR) is 79.7 cm³/mol. The minimum atomic E-state index is -0.558. The number of hydrogen-bond acceptors (Lipinski definition) is 7. The highest BCUT2D eigenvalue weighted by Gasteiger charge is 2.25. The zero-order valence-electron chi connectivity index (χ0n) is 11.8. The van der Waals surface area contributed by atoms with E-state index in [-0.39, 0.29) is 11.6 Å². The molecule has 0 bridgehead atoms. The van der Waals surface area contributed by atoms with Gasteiger partial charge in [-0.25, -0.2) is 14.6 Å². The molecule has 0 saturated carbocycles. The molecule has 0 radical (unpaired) electrons. The van der Waals surface area contributed by atoms with Gasteiger partial charge in [-0.1, -0.05) is 6.07 Å². The van der Waals surface area contributed by atoms with Crippen LogP contribution in [-0.2, 0) is 14.3 Å². The summed E-state index contributed by atoms with van der Waals surface area (Å²) in [6.07, 6.45) is 1.43. The first kappa shape index (κ1) is 14.3. The number of hydrogen-bond donors (Lipinski definition) is 0. The highest BCUT2D eigenvalue weighted by atomic mass is 32.1. The second-order valence-corrected chi connectivity index (χ2v) is 5.37. The second kappa shape index (κ2) is 5.61. The lowest BCUT2D eigenvalue weighted by Crippen LogP contribution is -2.03. The van der Waals surface area contributed by atoms with E-state index in [2.05, 4.69) is 9.73 Å². The van der Waals surface area contributed by atoms with Gasteiger partial charge in [-0.15, -0.1) is 11.3 Å². The lowest BCUT2D eigenvalue weighted by molar-refractivity contribution is -0.129. The minimum absolute atomic E-state index is 0.119. The number of carbonyl (C=O) groups excluding carboxylic acids is 2. The maximum absolute atomic E-state index is 11.8. The van der Waals surface area contributed by atoms with Crippen LogP contribution in [0.15, 0.2) is 38.7 Å². The summed E-state index contributed by atoms with van der Waals surface area (Å²) in [7, 11) is 1.29. The van der Waals surface area contributed by atoms with Gasteiger partial charge >= 0.3 is 11.9 Å². The van der Waals surface area contributed by atoms with E-state index in [4.69, 9.17) is 9.15 Å². The number of thiophene rings is 1. The minimum Gasteiger partial charge on any atom is -0.465 e. The number of aryl methyl sites for hydroxylation is 1. The Morgan fingerprint density at radius 3 is 2.95 bits per heavy atom. The smallest absolute Gasteiger partial charge is 0.363 e. The largest absolute Gasteiger partial charge is 0.465 e. The van der Waals surface area contributed by atoms with Gasteiger partial charge in [0.05, 0.1) is 12.0 Å². The van der Waals surface area contributed by atoms with E-state index >= 15 is 0 Å². The van der Waals surface area contributed by atoms with E-state index in [1.54, 1.807) is 6.92 Å². The van der Waals surface area contributed by atoms with Crippen molar-refractivity contribution in [1.82, 2.24) is 0 Å². The molecule has 0 saturated heterocycles. The van der Waals surface area contributed by atoms with Crippen molar-refractivity contribution >= 4 is 35.2 Å². The molecule has 0 fully saturated rings. The molecular formula is C15H11NO5S. The van der Waals surface area contributed by atoms with Crippen molar-refractivity contribution in [3.05, 3.63) is 51.2 Å². The van der Waals surface area contributed by atoms with Crippen molar-refractivity contribution in [2.45, 2.75) is 6.92 Å². The average Bonchev–Trinajstić information content (AvgIpc) is 3.20. The Morgan fingerprint density at radius 1 is 1.45 bits per heavy atom. The Kier molecular flexibility index (Phi) is 3.64. The van der Waals surface area contributed by atoms with Gasteiger partial charge in [0.25, 0.3) is 0 Å². The summed E-state index contributed by atoms with van der Waals surface area (Å²) in [6, 6.07) is 5.16. The molecule has 112 valence electrons. The van der Waals surface area contributed by atoms with E-state index in [0.29, 0.717) is 17.1 Å². The van der Waals surface area contributed by atoms with Gasteiger partial charge in [0.15, 0.2) is 5.70 Å². The molecule has 6 nitrogen and oxygen atoms in total. The van der Waals surface area contributed by atoms with E-state index in [1.807, 2.05) is 17.5 Å². The maximum Gasteiger partial charge on any atom is 0.363 e. The molecule has 0 amide bonds. The fourth-order valence-corrected chi connectivity index (χ4v) is 2.59. The number of cyclic esters (lactones) is 1. The standard InChI is InChI=1S/C15H11NO5S/c1-8-10(14(17)19-2)6-9(20-8)7-11-15(18)21-13(16-11)12-4-3-5-22-12/h3-7H,1-2H3. The summed E-state index contributed by atoms with van der Waals surface area (Å²) in [6.45, 7) is 1.64. The van der Waals surface area contributed by atoms with Crippen LogP contribution in [0.2, 0.25) is 0 Å². The van der Waals surface area contributed by atoms with Gasteiger partial charge in [-0.3, -0.25) is 0 Å². The maximum atomic E-state index is 11.8. The van der Waals surface area contributed by atoms with Crippen molar-refractivity contribution in [3.8, 4) is 0 Å². The first-order chi connectivity index (χ1) is 10.6. The predicted octanol–water partition coefficient (Wildman–Crippen LogP) is 2.78. The van der Waals surface area contributed by atoms with Crippen molar-refractivity contribution in [3.63, 3.8) is 0 Å². The molecule has 3 rings (SSSR count). The summed E-state index contributed by atoms with van der Waals surface area (Å²) in [5, 5.41) is 1.87. The van der Waals surface area contributed by atoms with E-state index in [9.17, 15) is 9.59 Å². The van der Waals surface area contributed by atoms with Crippen molar-refractivity contribution in [2.24, 2.45) is 4.99 Å². The third kappa shape index (κ3) is 2.58. The van der Waals surface area contributed by atoms with Crippen LogP contribution in [0.25, 0.3) is 6.08 Å². The topological polar surface area (TPSA) is 78.1 Å². The molecule has 0 aliphatic carbocycles. The molecule has 22 heavy (non-hydrogen) atoms. The van der Waals surface area contributed by atoms with Gasteiger partial charge in [0, 0.05) is 6.08 Å². The van der Waals surface area contributed by atoms with Crippen LogP contribution < -0.4 is 0 Å². The SMILES string of the molecule is COC(=O)c1cc(C=C2N=C(c3cccs3)OC2=O)oc1C. The van der Waals surface area contributed by atoms with Crippen LogP contribution in [0.5, 0.6) is 0 Å². The first-order valence-corrected chi connectivity index (χ1v) is 7.21. The Balaban J connectivity index is 1.92. The Labute approximate surface area is 129 Å². The van der Waals surface area contributed by atoms with Gasteiger partial charge in [0.2, 0.25) is 5.90 Å². The molecule has 0 unspecified atom stereocenters. The number of aliphatic imine (C=N–C) groups is 1. The molecule has 1 aliphatic heterocycles. The summed E-state index contributed by atoms with van der Waals surface area (Å²) in [4.78, 5) is 28.3. The van der Waals surface area contributed by atoms with Crippen LogP contribution in [0, 0.1) is 6.92 Å². The third-order valence-corrected chi connectivity index (χ3v) is 3.83. The van der Waals surface area contributed by atoms with E-state index in [0.717, 1.165) is 4.88 Å². The lowest BCUT2D eigenvalue weighted by atomic mass is 10.2. The molecular weight excluding hydrogens is 306 g/mol. The molecule has 2 aromatic heterocycles. The van der Waals surface area contributed by atoms with Gasteiger partial charge in [-0.2, -0.15) is 0 Å². The van der Waals surface area contributed by atoms with E-state index in [1.165, 1.54) is 30.6 Å². The second-order valence-electron chi connectivity index (χ2n) is 4.42. The number of nitrogens with zero attached hydrogens (tertiary/aromatic N) is 1. The molecule has 0 spiro atoms. The normalized spacial score (nSPS) is 15.8. The van der Waals surface area contributed by atoms with Crippen LogP contribution in [0.1, 0.15) is 26.8 Å². The van der Waals surface area contributed by atoms with Crippen molar-refractivity contribution < 1.29 is 23.5 Å². The molecule has 7 heteroatoms. The first-order valence-electron chi connectivity index (χ1n) is 6.33. The van der Waals surface area contributed by atoms with Gasteiger partial charge in [-0.05, 0) is 24.4 Å². The van der Waals surface area contributed by atoms with E-state index < -0.39 is 11.9 Å². The number of rotatable bonds is 3. The van der Waals surface area contributed by atoms with Crippen LogP contribution in [0.4, 0.5) is 0 Å². The Morgan fingerprint density at radius 2 is 2.27 bits per heavy atom. The third-order valence-electron chi connectivity index (χ3n) is 2.97. The van der Waals surface area contributed by atoms with Gasteiger partial charge in [0.1, 0.15) is 17.1 Å². The van der Waals surface area contributed by atoms with Crippen LogP contribution in [-0.4, -0.2) is 24.9 Å². The lowest BCUT2D eigenvalue weighted by Gasteiger charge is -1.93. The molecule has 3 heterocycles. The fraction of sp³-hybridized carbons (Fsp3) is 0.133. The van der Waals surface area contributed by atoms with Crippen LogP contribution >= 0.6 is 11.3 Å². The zero-order chi connectivity index (χ0) is 15.7. The zero-order valence-corrected chi connectivity index (χ0v) is 12.6. The summed E-state index contributed by atoms with van der Waals surface area (Å²) >= 11 is 1.42. The van der Waals surface area contributed by atoms with Crippen molar-refractivity contribution in [1.29, 1.82) is 0 Å². The average molecular weight is 317 g/mol. The highest BCUT2D eigenvalue weighted by molar-refractivity contribution is 7.12. The Hall–Kier alpha value is -2.67. The highest BCUT2D eigenvalue weighted by Crippen LogP contribution is 2.23. The number of furan rings is 1. The molecule has 2 aromatic rings. The molecule has 0 N–H and O–H groups in total. The number of ether oxygens (including phenoxy) is 2. The molecule has 0 atom stereocenters. The number of esters is 2. The van der Waals surface area contributed by atoms with Crippen LogP contribution in [0.3, 0.4) is 0 Å². The molecule has 0 aromatic carbocycles. The Bertz CT molecular complexity index is 798. The monoisotopic (exact) mass is 317 g/mol.